The van der Waals surface area contributed by atoms with Gasteiger partial charge in [-0.05, 0) is 57.0 Å². The number of aromatic nitrogens is 3. The van der Waals surface area contributed by atoms with Gasteiger partial charge in [-0.3, -0.25) is 9.59 Å². The van der Waals surface area contributed by atoms with Crippen LogP contribution >= 0.6 is 0 Å². The number of pyridine rings is 1. The van der Waals surface area contributed by atoms with Gasteiger partial charge in [0, 0.05) is 29.4 Å². The van der Waals surface area contributed by atoms with Gasteiger partial charge in [-0.1, -0.05) is 37.3 Å². The van der Waals surface area contributed by atoms with Crippen molar-refractivity contribution >= 4 is 34.2 Å². The number of benzene rings is 2. The molecule has 0 saturated carbocycles. The second-order valence-corrected chi connectivity index (χ2v) is 8.68. The first-order valence-corrected chi connectivity index (χ1v) is 11.4. The Morgan fingerprint density at radius 2 is 1.76 bits per heavy atom. The number of nitrogens with zero attached hydrogens (tertiary/aromatic N) is 3. The lowest BCUT2D eigenvalue weighted by atomic mass is 10.0. The topological polar surface area (TPSA) is 88.9 Å². The summed E-state index contributed by atoms with van der Waals surface area (Å²) in [4.78, 5) is 30.2. The average Bonchev–Trinajstić information content (AvgIpc) is 3.25. The van der Waals surface area contributed by atoms with Crippen LogP contribution in [0.25, 0.3) is 22.3 Å². The van der Waals surface area contributed by atoms with Crippen LogP contribution in [0.2, 0.25) is 0 Å². The van der Waals surface area contributed by atoms with Crippen molar-refractivity contribution in [1.29, 1.82) is 0 Å². The molecule has 0 spiro atoms. The van der Waals surface area contributed by atoms with Gasteiger partial charge in [-0.15, -0.1) is 0 Å². The summed E-state index contributed by atoms with van der Waals surface area (Å²) in [5.74, 6) is -0.339. The molecule has 0 atom stereocenters. The van der Waals surface area contributed by atoms with E-state index in [1.165, 1.54) is 0 Å². The van der Waals surface area contributed by atoms with Gasteiger partial charge in [0.2, 0.25) is 5.91 Å². The zero-order valence-electron chi connectivity index (χ0n) is 20.1. The Hall–Kier alpha value is -4.00. The molecule has 2 aromatic carbocycles. The maximum atomic E-state index is 13.6. The predicted molar refractivity (Wildman–Crippen MR) is 136 cm³/mol. The Balaban J connectivity index is 1.79. The van der Waals surface area contributed by atoms with Crippen LogP contribution < -0.4 is 10.6 Å². The molecule has 0 aliphatic heterocycles. The number of hydrogen-bond donors (Lipinski definition) is 2. The summed E-state index contributed by atoms with van der Waals surface area (Å²) in [6.45, 7) is 9.81. The molecule has 0 fully saturated rings. The highest BCUT2D eigenvalue weighted by Crippen LogP contribution is 2.29. The van der Waals surface area contributed by atoms with E-state index in [9.17, 15) is 9.59 Å². The standard InChI is InChI=1S/C27H29N5O2/c1-6-25(33)29-19-12-11-18(5)23(13-19)31-27(34)21-14-24(20-10-8-7-9-17(20)4)30-26-22(21)15-28-32(26)16(2)3/h7-16H,6H2,1-5H3,(H,29,33)(H,31,34). The number of nitrogens with one attached hydrogen (secondary N) is 2. The molecule has 0 bridgehead atoms. The van der Waals surface area contributed by atoms with Gasteiger partial charge in [0.25, 0.3) is 5.91 Å². The van der Waals surface area contributed by atoms with Crippen LogP contribution in [0.1, 0.15) is 54.7 Å². The molecule has 2 aromatic heterocycles. The largest absolute Gasteiger partial charge is 0.326 e. The molecule has 0 saturated heterocycles. The van der Waals surface area contributed by atoms with Crippen LogP contribution in [0.5, 0.6) is 0 Å². The van der Waals surface area contributed by atoms with Crippen LogP contribution in [0.15, 0.2) is 54.7 Å². The fourth-order valence-corrected chi connectivity index (χ4v) is 3.86. The summed E-state index contributed by atoms with van der Waals surface area (Å²) in [6, 6.07) is 15.4. The first-order valence-electron chi connectivity index (χ1n) is 11.4. The predicted octanol–water partition coefficient (Wildman–Crippen LogP) is 5.90. The van der Waals surface area contributed by atoms with E-state index in [1.54, 1.807) is 19.2 Å². The van der Waals surface area contributed by atoms with Crippen molar-refractivity contribution in [3.63, 3.8) is 0 Å². The van der Waals surface area contributed by atoms with E-state index in [1.807, 2.05) is 74.8 Å². The van der Waals surface area contributed by atoms with Gasteiger partial charge in [-0.25, -0.2) is 9.67 Å². The highest BCUT2D eigenvalue weighted by Gasteiger charge is 2.20. The second-order valence-electron chi connectivity index (χ2n) is 8.68. The molecule has 2 amide bonds. The van der Waals surface area contributed by atoms with Gasteiger partial charge in [-0.2, -0.15) is 5.10 Å². The van der Waals surface area contributed by atoms with E-state index in [2.05, 4.69) is 15.7 Å². The van der Waals surface area contributed by atoms with Crippen LogP contribution in [-0.4, -0.2) is 26.6 Å². The second kappa shape index (κ2) is 9.47. The molecular weight excluding hydrogens is 426 g/mol. The minimum Gasteiger partial charge on any atom is -0.326 e. The molecule has 0 radical (unpaired) electrons. The number of aryl methyl sites for hydroxylation is 2. The molecule has 4 aromatic rings. The highest BCUT2D eigenvalue weighted by molar-refractivity contribution is 6.13. The van der Waals surface area contributed by atoms with Crippen molar-refractivity contribution in [1.82, 2.24) is 14.8 Å². The number of rotatable bonds is 6. The Kier molecular flexibility index (Phi) is 6.45. The average molecular weight is 456 g/mol. The third-order valence-electron chi connectivity index (χ3n) is 5.81. The quantitative estimate of drug-likeness (QED) is 0.379. The molecule has 34 heavy (non-hydrogen) atoms. The molecule has 174 valence electrons. The van der Waals surface area contributed by atoms with Gasteiger partial charge < -0.3 is 10.6 Å². The maximum Gasteiger partial charge on any atom is 0.256 e. The molecule has 0 aliphatic rings. The van der Waals surface area contributed by atoms with E-state index in [-0.39, 0.29) is 17.9 Å². The number of hydrogen-bond acceptors (Lipinski definition) is 4. The van der Waals surface area contributed by atoms with Crippen molar-refractivity contribution in [2.45, 2.75) is 47.1 Å². The van der Waals surface area contributed by atoms with Crippen LogP contribution in [-0.2, 0) is 4.79 Å². The summed E-state index contributed by atoms with van der Waals surface area (Å²) in [5, 5.41) is 11.1. The van der Waals surface area contributed by atoms with Gasteiger partial charge in [0.05, 0.1) is 22.8 Å². The summed E-state index contributed by atoms with van der Waals surface area (Å²) in [7, 11) is 0. The summed E-state index contributed by atoms with van der Waals surface area (Å²) < 4.78 is 1.83. The van der Waals surface area contributed by atoms with E-state index in [4.69, 9.17) is 4.98 Å². The van der Waals surface area contributed by atoms with Crippen LogP contribution in [0.3, 0.4) is 0 Å². The molecule has 7 nitrogen and oxygen atoms in total. The van der Waals surface area contributed by atoms with Crippen molar-refractivity contribution in [2.75, 3.05) is 10.6 Å². The minimum atomic E-state index is -0.257. The number of carbonyl (C=O) groups excluding carboxylic acids is 2. The summed E-state index contributed by atoms with van der Waals surface area (Å²) in [6.07, 6.45) is 2.08. The van der Waals surface area contributed by atoms with Crippen molar-refractivity contribution in [3.8, 4) is 11.3 Å². The van der Waals surface area contributed by atoms with E-state index in [0.29, 0.717) is 34.4 Å². The third kappa shape index (κ3) is 4.55. The zero-order chi connectivity index (χ0) is 24.4. The fraction of sp³-hybridized carbons (Fsp3) is 0.259. The molecule has 0 aliphatic carbocycles. The van der Waals surface area contributed by atoms with E-state index in [0.717, 1.165) is 22.4 Å². The molecular formula is C27H29N5O2. The van der Waals surface area contributed by atoms with E-state index >= 15 is 0 Å². The Morgan fingerprint density at radius 3 is 2.47 bits per heavy atom. The molecule has 2 N–H and O–H groups in total. The summed E-state index contributed by atoms with van der Waals surface area (Å²) in [5.41, 5.74) is 6.10. The number of fused-ring (bicyclic) bond motifs is 1. The van der Waals surface area contributed by atoms with Crippen LogP contribution in [0.4, 0.5) is 11.4 Å². The maximum absolute atomic E-state index is 13.6. The first-order chi connectivity index (χ1) is 16.3. The third-order valence-corrected chi connectivity index (χ3v) is 5.81. The van der Waals surface area contributed by atoms with E-state index < -0.39 is 0 Å². The van der Waals surface area contributed by atoms with Crippen molar-refractivity contribution in [3.05, 3.63) is 71.4 Å². The Morgan fingerprint density at radius 1 is 1.00 bits per heavy atom. The molecule has 0 unspecified atom stereocenters. The van der Waals surface area contributed by atoms with Gasteiger partial charge in [0.1, 0.15) is 0 Å². The fourth-order valence-electron chi connectivity index (χ4n) is 3.86. The van der Waals surface area contributed by atoms with Crippen molar-refractivity contribution < 1.29 is 9.59 Å². The number of anilines is 2. The first kappa shape index (κ1) is 23.2. The number of amides is 2. The highest BCUT2D eigenvalue weighted by atomic mass is 16.2. The Bertz CT molecular complexity index is 1390. The van der Waals surface area contributed by atoms with Crippen LogP contribution in [0, 0.1) is 13.8 Å². The monoisotopic (exact) mass is 455 g/mol. The Labute approximate surface area is 199 Å². The number of carbonyl (C=O) groups is 2. The SMILES string of the molecule is CCC(=O)Nc1ccc(C)c(NC(=O)c2cc(-c3ccccc3C)nc3c2cnn3C(C)C)c1. The van der Waals surface area contributed by atoms with Gasteiger partial charge >= 0.3 is 0 Å². The zero-order valence-corrected chi connectivity index (χ0v) is 20.1. The minimum absolute atomic E-state index is 0.0825. The normalized spacial score (nSPS) is 11.1. The molecule has 7 heteroatoms. The van der Waals surface area contributed by atoms with Crippen molar-refractivity contribution in [2.24, 2.45) is 0 Å². The lowest BCUT2D eigenvalue weighted by Crippen LogP contribution is -2.15. The van der Waals surface area contributed by atoms with Gasteiger partial charge in [0.15, 0.2) is 5.65 Å². The lowest BCUT2D eigenvalue weighted by Gasteiger charge is -2.14. The lowest BCUT2D eigenvalue weighted by molar-refractivity contribution is -0.115. The molecule has 2 heterocycles. The molecule has 4 rings (SSSR count). The smallest absolute Gasteiger partial charge is 0.256 e. The summed E-state index contributed by atoms with van der Waals surface area (Å²) >= 11 is 0.